The molecule has 36 heavy (non-hydrogen) atoms. The average Bonchev–Trinajstić information content (AvgIpc) is 3.40. The van der Waals surface area contributed by atoms with E-state index < -0.39 is 32.8 Å². The van der Waals surface area contributed by atoms with Crippen LogP contribution in [0.3, 0.4) is 0 Å². The van der Waals surface area contributed by atoms with Gasteiger partial charge in [0.25, 0.3) is 0 Å². The molecule has 2 amide bonds. The maximum absolute atomic E-state index is 14.0. The standard InChI is InChI=1S/C24H33N5O6S/c1-15(2)10-16(11-21(32)28-8-6-25-7-9-28)24(33)29-22(12-17-23(29)20(31)13-27-17)36(34,35)14-18-19(30)4-3-5-26-18/h3-5,15-16,22,25,27,30H,6-14H2,1-2H3. The summed E-state index contributed by atoms with van der Waals surface area (Å²) in [4.78, 5) is 46.5. The van der Waals surface area contributed by atoms with Crippen LogP contribution in [0.1, 0.15) is 38.8 Å². The van der Waals surface area contributed by atoms with Crippen molar-refractivity contribution in [3.8, 4) is 5.75 Å². The monoisotopic (exact) mass is 519 g/mol. The van der Waals surface area contributed by atoms with E-state index in [9.17, 15) is 27.9 Å². The Hall–Kier alpha value is -2.99. The summed E-state index contributed by atoms with van der Waals surface area (Å²) in [5.74, 6) is -2.58. The van der Waals surface area contributed by atoms with Crippen LogP contribution in [-0.4, -0.2) is 84.0 Å². The van der Waals surface area contributed by atoms with Crippen LogP contribution in [0, 0.1) is 11.8 Å². The van der Waals surface area contributed by atoms with Gasteiger partial charge < -0.3 is 20.6 Å². The summed E-state index contributed by atoms with van der Waals surface area (Å²) >= 11 is 0. The molecule has 196 valence electrons. The Bertz CT molecular complexity index is 1180. The van der Waals surface area contributed by atoms with Gasteiger partial charge in [0, 0.05) is 56.8 Å². The molecule has 0 saturated carbocycles. The van der Waals surface area contributed by atoms with E-state index in [2.05, 4.69) is 15.6 Å². The zero-order chi connectivity index (χ0) is 26.0. The highest BCUT2D eigenvalue weighted by atomic mass is 32.2. The van der Waals surface area contributed by atoms with Crippen molar-refractivity contribution in [1.82, 2.24) is 25.4 Å². The molecule has 0 spiro atoms. The van der Waals surface area contributed by atoms with Crippen LogP contribution in [0.5, 0.6) is 5.75 Å². The molecule has 1 aromatic heterocycles. The number of amides is 2. The van der Waals surface area contributed by atoms with Gasteiger partial charge in [-0.25, -0.2) is 8.42 Å². The summed E-state index contributed by atoms with van der Waals surface area (Å²) in [6.07, 6.45) is 1.66. The fourth-order valence-corrected chi connectivity index (χ4v) is 6.79. The van der Waals surface area contributed by atoms with Gasteiger partial charge in [0.05, 0.1) is 18.0 Å². The van der Waals surface area contributed by atoms with Crippen molar-refractivity contribution in [2.24, 2.45) is 11.8 Å². The summed E-state index contributed by atoms with van der Waals surface area (Å²) in [6, 6.07) is 2.83. The molecule has 2 atom stereocenters. The van der Waals surface area contributed by atoms with Gasteiger partial charge in [-0.2, -0.15) is 0 Å². The zero-order valence-electron chi connectivity index (χ0n) is 20.6. The van der Waals surface area contributed by atoms with Gasteiger partial charge >= 0.3 is 0 Å². The highest BCUT2D eigenvalue weighted by Gasteiger charge is 2.49. The zero-order valence-corrected chi connectivity index (χ0v) is 21.4. The van der Waals surface area contributed by atoms with Crippen LogP contribution < -0.4 is 10.6 Å². The predicted octanol–water partition coefficient (Wildman–Crippen LogP) is 0.129. The van der Waals surface area contributed by atoms with E-state index >= 15 is 0 Å². The number of aromatic nitrogens is 1. The molecule has 3 aliphatic heterocycles. The summed E-state index contributed by atoms with van der Waals surface area (Å²) in [6.45, 7) is 6.32. The minimum atomic E-state index is -4.06. The van der Waals surface area contributed by atoms with Crippen molar-refractivity contribution in [2.45, 2.75) is 44.2 Å². The molecule has 11 nitrogen and oxygen atoms in total. The van der Waals surface area contributed by atoms with E-state index in [0.29, 0.717) is 38.3 Å². The van der Waals surface area contributed by atoms with Gasteiger partial charge in [-0.1, -0.05) is 13.8 Å². The molecule has 4 rings (SSSR count). The molecule has 3 N–H and O–H groups in total. The minimum absolute atomic E-state index is 0.00318. The first-order chi connectivity index (χ1) is 17.1. The van der Waals surface area contributed by atoms with Gasteiger partial charge in [0.1, 0.15) is 16.8 Å². The predicted molar refractivity (Wildman–Crippen MR) is 131 cm³/mol. The fraction of sp³-hybridized carbons (Fsp3) is 0.583. The van der Waals surface area contributed by atoms with Gasteiger partial charge in [-0.15, -0.1) is 0 Å². The molecule has 0 radical (unpaired) electrons. The molecule has 1 fully saturated rings. The molecular formula is C24H33N5O6S. The first-order valence-electron chi connectivity index (χ1n) is 12.2. The Morgan fingerprint density at radius 3 is 2.64 bits per heavy atom. The number of nitrogens with one attached hydrogen (secondary N) is 2. The smallest absolute Gasteiger partial charge is 0.231 e. The number of ketones is 1. The first-order valence-corrected chi connectivity index (χ1v) is 14.0. The molecular weight excluding hydrogens is 486 g/mol. The number of hydrogen-bond acceptors (Lipinski definition) is 9. The summed E-state index contributed by atoms with van der Waals surface area (Å²) in [5, 5.41) is 14.9. The minimum Gasteiger partial charge on any atom is -0.506 e. The van der Waals surface area contributed by atoms with Crippen LogP contribution >= 0.6 is 0 Å². The van der Waals surface area contributed by atoms with E-state index in [1.54, 1.807) is 4.90 Å². The lowest BCUT2D eigenvalue weighted by Crippen LogP contribution is -2.49. The van der Waals surface area contributed by atoms with E-state index in [4.69, 9.17) is 0 Å². The molecule has 0 bridgehead atoms. The van der Waals surface area contributed by atoms with Crippen molar-refractivity contribution >= 4 is 27.4 Å². The van der Waals surface area contributed by atoms with Crippen LogP contribution in [0.25, 0.3) is 0 Å². The van der Waals surface area contributed by atoms with Crippen molar-refractivity contribution in [1.29, 1.82) is 0 Å². The summed E-state index contributed by atoms with van der Waals surface area (Å²) in [7, 11) is -4.06. The maximum Gasteiger partial charge on any atom is 0.231 e. The van der Waals surface area contributed by atoms with E-state index in [1.807, 2.05) is 13.8 Å². The second-order valence-electron chi connectivity index (χ2n) is 9.91. The lowest BCUT2D eigenvalue weighted by Gasteiger charge is -2.32. The number of carbonyl (C=O) groups is 3. The first kappa shape index (κ1) is 26.1. The molecule has 2 unspecified atom stereocenters. The number of sulfone groups is 1. The number of nitrogens with zero attached hydrogens (tertiary/aromatic N) is 3. The maximum atomic E-state index is 14.0. The number of Topliss-reactive ketones (excluding diaryl/α,β-unsaturated/α-hetero) is 1. The van der Waals surface area contributed by atoms with E-state index in [0.717, 1.165) is 4.90 Å². The Labute approximate surface area is 210 Å². The van der Waals surface area contributed by atoms with E-state index in [1.165, 1.54) is 18.3 Å². The Balaban J connectivity index is 1.63. The van der Waals surface area contributed by atoms with E-state index in [-0.39, 0.29) is 54.1 Å². The largest absolute Gasteiger partial charge is 0.506 e. The topological polar surface area (TPSA) is 149 Å². The molecule has 3 aliphatic rings. The quantitative estimate of drug-likeness (QED) is 0.436. The van der Waals surface area contributed by atoms with Crippen LogP contribution in [-0.2, 0) is 30.0 Å². The van der Waals surface area contributed by atoms with Gasteiger partial charge in [-0.3, -0.25) is 24.3 Å². The number of carbonyl (C=O) groups excluding carboxylic acids is 3. The van der Waals surface area contributed by atoms with Gasteiger partial charge in [0.15, 0.2) is 15.6 Å². The molecule has 0 aliphatic carbocycles. The Morgan fingerprint density at radius 2 is 1.97 bits per heavy atom. The third-order valence-corrected chi connectivity index (χ3v) is 8.65. The third-order valence-electron chi connectivity index (χ3n) is 6.77. The van der Waals surface area contributed by atoms with Gasteiger partial charge in [0.2, 0.25) is 11.8 Å². The van der Waals surface area contributed by atoms with Crippen LogP contribution in [0.4, 0.5) is 0 Å². The number of piperazine rings is 1. The number of aromatic hydroxyl groups is 1. The molecule has 0 aromatic carbocycles. The second kappa shape index (κ2) is 10.6. The van der Waals surface area contributed by atoms with Gasteiger partial charge in [-0.05, 0) is 24.5 Å². The van der Waals surface area contributed by atoms with Crippen LogP contribution in [0.2, 0.25) is 0 Å². The summed E-state index contributed by atoms with van der Waals surface area (Å²) in [5.41, 5.74) is 0.468. The Kier molecular flexibility index (Phi) is 7.65. The van der Waals surface area contributed by atoms with Crippen LogP contribution in [0.15, 0.2) is 29.7 Å². The Morgan fingerprint density at radius 1 is 1.25 bits per heavy atom. The second-order valence-corrected chi connectivity index (χ2v) is 12.1. The average molecular weight is 520 g/mol. The van der Waals surface area contributed by atoms with Crippen molar-refractivity contribution in [3.05, 3.63) is 35.4 Å². The highest BCUT2D eigenvalue weighted by molar-refractivity contribution is 7.91. The molecule has 4 heterocycles. The summed E-state index contributed by atoms with van der Waals surface area (Å²) < 4.78 is 27.1. The lowest BCUT2D eigenvalue weighted by molar-refractivity contribution is -0.141. The normalized spacial score (nSPS) is 21.1. The lowest BCUT2D eigenvalue weighted by atomic mass is 9.92. The van der Waals surface area contributed by atoms with Crippen molar-refractivity contribution in [3.63, 3.8) is 0 Å². The molecule has 1 aromatic rings. The number of rotatable bonds is 8. The number of pyridine rings is 1. The highest BCUT2D eigenvalue weighted by Crippen LogP contribution is 2.38. The number of hydrogen-bond donors (Lipinski definition) is 3. The SMILES string of the molecule is CC(C)CC(CC(=O)N1CCNCC1)C(=O)N1C2=C(CC1S(=O)(=O)Cc1ncccc1O)NCC2=O. The van der Waals surface area contributed by atoms with Crippen molar-refractivity contribution < 1.29 is 27.9 Å². The molecule has 1 saturated heterocycles. The van der Waals surface area contributed by atoms with Crippen molar-refractivity contribution in [2.75, 3.05) is 32.7 Å². The fourth-order valence-electron chi connectivity index (χ4n) is 5.04. The molecule has 12 heteroatoms. The third kappa shape index (κ3) is 5.39.